The quantitative estimate of drug-likeness (QED) is 0.484. The van der Waals surface area contributed by atoms with Gasteiger partial charge >= 0.3 is 0 Å². The zero-order valence-corrected chi connectivity index (χ0v) is 5.53. The first-order chi connectivity index (χ1) is 4.97. The molecule has 0 fully saturated rings. The molecule has 2 aliphatic rings. The molecule has 0 N–H and O–H groups in total. The molecule has 1 radical (unpaired) electrons. The van der Waals surface area contributed by atoms with E-state index in [4.69, 9.17) is 4.74 Å². The van der Waals surface area contributed by atoms with E-state index in [9.17, 15) is 0 Å². The Kier molecular flexibility index (Phi) is 1.32. The zero-order valence-electron chi connectivity index (χ0n) is 5.53. The minimum atomic E-state index is 0.155. The number of ether oxygens (including phenoxy) is 1. The van der Waals surface area contributed by atoms with Crippen molar-refractivity contribution < 1.29 is 4.74 Å². The van der Waals surface area contributed by atoms with Gasteiger partial charge in [-0.1, -0.05) is 24.3 Å². The lowest BCUT2D eigenvalue weighted by atomic mass is 10.1. The highest BCUT2D eigenvalue weighted by Crippen LogP contribution is 2.16. The molecule has 2 heteroatoms. The van der Waals surface area contributed by atoms with Crippen LogP contribution in [0.15, 0.2) is 36.1 Å². The summed E-state index contributed by atoms with van der Waals surface area (Å²) >= 11 is 0. The summed E-state index contributed by atoms with van der Waals surface area (Å²) in [6, 6.07) is 0. The summed E-state index contributed by atoms with van der Waals surface area (Å²) in [6.07, 6.45) is 10.1. The van der Waals surface area contributed by atoms with E-state index in [-0.39, 0.29) is 6.10 Å². The van der Waals surface area contributed by atoms with Gasteiger partial charge < -0.3 is 4.74 Å². The van der Waals surface area contributed by atoms with Gasteiger partial charge in [-0.05, 0) is 0 Å². The molecule has 51 valence electrons. The maximum absolute atomic E-state index is 5.31. The fourth-order valence-corrected chi connectivity index (χ4v) is 1.07. The SMILES string of the molecule is C1=CC2=C[N]COC2C=C1. The molecule has 2 nitrogen and oxygen atoms in total. The standard InChI is InChI=1S/C8H8NO/c1-2-4-8-7(3-1)5-9-6-10-8/h1-5,8H,6H2. The van der Waals surface area contributed by atoms with Gasteiger partial charge in [-0.3, -0.25) is 5.32 Å². The van der Waals surface area contributed by atoms with E-state index in [1.54, 1.807) is 0 Å². The van der Waals surface area contributed by atoms with E-state index in [2.05, 4.69) is 5.32 Å². The van der Waals surface area contributed by atoms with Crippen LogP contribution in [0.4, 0.5) is 0 Å². The first kappa shape index (κ1) is 5.74. The molecule has 1 aliphatic carbocycles. The smallest absolute Gasteiger partial charge is 0.138 e. The summed E-state index contributed by atoms with van der Waals surface area (Å²) < 4.78 is 5.31. The van der Waals surface area contributed by atoms with Gasteiger partial charge in [-0.15, -0.1) is 0 Å². The van der Waals surface area contributed by atoms with Gasteiger partial charge in [0.15, 0.2) is 0 Å². The molecular formula is C8H8NO. The molecule has 0 saturated heterocycles. The Hall–Kier alpha value is -1.02. The Bertz CT molecular complexity index is 215. The van der Waals surface area contributed by atoms with E-state index in [0.717, 1.165) is 5.57 Å². The van der Waals surface area contributed by atoms with Crippen LogP contribution in [0.1, 0.15) is 0 Å². The lowest BCUT2D eigenvalue weighted by Gasteiger charge is -2.20. The number of nitrogens with zero attached hydrogens (tertiary/aromatic N) is 1. The van der Waals surface area contributed by atoms with Crippen LogP contribution in [-0.4, -0.2) is 12.8 Å². The zero-order chi connectivity index (χ0) is 6.81. The highest BCUT2D eigenvalue weighted by molar-refractivity contribution is 5.34. The number of rotatable bonds is 0. The van der Waals surface area contributed by atoms with Crippen molar-refractivity contribution in [1.29, 1.82) is 0 Å². The summed E-state index contributed by atoms with van der Waals surface area (Å²) in [4.78, 5) is 0. The van der Waals surface area contributed by atoms with Crippen LogP contribution < -0.4 is 5.32 Å². The maximum atomic E-state index is 5.31. The van der Waals surface area contributed by atoms with Gasteiger partial charge in [0.1, 0.15) is 12.8 Å². The normalized spacial score (nSPS) is 28.8. The summed E-state index contributed by atoms with van der Waals surface area (Å²) in [5.74, 6) is 0. The summed E-state index contributed by atoms with van der Waals surface area (Å²) in [5, 5.41) is 3.99. The third-order valence-electron chi connectivity index (χ3n) is 1.58. The van der Waals surface area contributed by atoms with Crippen LogP contribution in [-0.2, 0) is 4.74 Å². The van der Waals surface area contributed by atoms with Crippen molar-refractivity contribution in [3.63, 3.8) is 0 Å². The van der Waals surface area contributed by atoms with Crippen LogP contribution >= 0.6 is 0 Å². The molecule has 0 saturated carbocycles. The van der Waals surface area contributed by atoms with Crippen LogP contribution in [0.25, 0.3) is 0 Å². The monoisotopic (exact) mass is 134 g/mol. The van der Waals surface area contributed by atoms with Gasteiger partial charge in [0, 0.05) is 11.8 Å². The average Bonchev–Trinajstić information content (AvgIpc) is 2.05. The Balaban J connectivity index is 2.27. The molecule has 10 heavy (non-hydrogen) atoms. The van der Waals surface area contributed by atoms with Crippen molar-refractivity contribution in [1.82, 2.24) is 5.32 Å². The lowest BCUT2D eigenvalue weighted by Crippen LogP contribution is -2.23. The summed E-state index contributed by atoms with van der Waals surface area (Å²) in [6.45, 7) is 0.492. The van der Waals surface area contributed by atoms with Gasteiger partial charge in [0.2, 0.25) is 0 Å². The Morgan fingerprint density at radius 1 is 1.50 bits per heavy atom. The van der Waals surface area contributed by atoms with E-state index < -0.39 is 0 Å². The first-order valence-electron chi connectivity index (χ1n) is 3.30. The van der Waals surface area contributed by atoms with E-state index in [0.29, 0.717) is 6.73 Å². The molecular weight excluding hydrogens is 126 g/mol. The lowest BCUT2D eigenvalue weighted by molar-refractivity contribution is 0.0874. The van der Waals surface area contributed by atoms with Crippen molar-refractivity contribution in [3.8, 4) is 0 Å². The second-order valence-corrected chi connectivity index (χ2v) is 2.27. The second-order valence-electron chi connectivity index (χ2n) is 2.27. The van der Waals surface area contributed by atoms with Gasteiger partial charge in [-0.25, -0.2) is 0 Å². The van der Waals surface area contributed by atoms with Gasteiger partial charge in [-0.2, -0.15) is 0 Å². The highest BCUT2D eigenvalue weighted by atomic mass is 16.5. The summed E-state index contributed by atoms with van der Waals surface area (Å²) in [7, 11) is 0. The third kappa shape index (κ3) is 0.866. The van der Waals surface area contributed by atoms with E-state index in [1.807, 2.05) is 30.5 Å². The predicted molar refractivity (Wildman–Crippen MR) is 38.2 cm³/mol. The number of hydrogen-bond acceptors (Lipinski definition) is 1. The second kappa shape index (κ2) is 2.31. The molecule has 0 bridgehead atoms. The van der Waals surface area contributed by atoms with E-state index >= 15 is 0 Å². The Morgan fingerprint density at radius 2 is 2.50 bits per heavy atom. The molecule has 0 aromatic rings. The Labute approximate surface area is 59.9 Å². The molecule has 1 aliphatic heterocycles. The minimum Gasteiger partial charge on any atom is -0.347 e. The van der Waals surface area contributed by atoms with Crippen molar-refractivity contribution in [3.05, 3.63) is 36.1 Å². The van der Waals surface area contributed by atoms with Crippen molar-refractivity contribution in [2.75, 3.05) is 6.73 Å². The number of allylic oxidation sites excluding steroid dienone is 2. The fourth-order valence-electron chi connectivity index (χ4n) is 1.07. The molecule has 1 heterocycles. The van der Waals surface area contributed by atoms with Crippen LogP contribution in [0.3, 0.4) is 0 Å². The number of hydrogen-bond donors (Lipinski definition) is 0. The number of fused-ring (bicyclic) bond motifs is 1. The molecule has 1 atom stereocenters. The van der Waals surface area contributed by atoms with Crippen LogP contribution in [0, 0.1) is 0 Å². The van der Waals surface area contributed by atoms with Crippen LogP contribution in [0.2, 0.25) is 0 Å². The molecule has 0 spiro atoms. The topological polar surface area (TPSA) is 23.3 Å². The highest BCUT2D eigenvalue weighted by Gasteiger charge is 2.14. The van der Waals surface area contributed by atoms with Gasteiger partial charge in [0.25, 0.3) is 0 Å². The molecule has 0 aromatic heterocycles. The van der Waals surface area contributed by atoms with Gasteiger partial charge in [0.05, 0.1) is 0 Å². The molecule has 2 rings (SSSR count). The van der Waals surface area contributed by atoms with Crippen molar-refractivity contribution >= 4 is 0 Å². The largest absolute Gasteiger partial charge is 0.347 e. The first-order valence-corrected chi connectivity index (χ1v) is 3.30. The van der Waals surface area contributed by atoms with Crippen LogP contribution in [0.5, 0.6) is 0 Å². The minimum absolute atomic E-state index is 0.155. The third-order valence-corrected chi connectivity index (χ3v) is 1.58. The predicted octanol–water partition coefficient (Wildman–Crippen LogP) is 0.957. The Morgan fingerprint density at radius 3 is 3.40 bits per heavy atom. The summed E-state index contributed by atoms with van der Waals surface area (Å²) in [5.41, 5.74) is 1.15. The molecule has 0 aromatic carbocycles. The maximum Gasteiger partial charge on any atom is 0.138 e. The fraction of sp³-hybridized carbons (Fsp3) is 0.250. The van der Waals surface area contributed by atoms with E-state index in [1.165, 1.54) is 0 Å². The van der Waals surface area contributed by atoms with Crippen molar-refractivity contribution in [2.24, 2.45) is 0 Å². The molecule has 1 unspecified atom stereocenters. The average molecular weight is 134 g/mol. The van der Waals surface area contributed by atoms with Crippen molar-refractivity contribution in [2.45, 2.75) is 6.10 Å². The molecule has 0 amide bonds.